The van der Waals surface area contributed by atoms with Crippen LogP contribution >= 0.6 is 0 Å². The Kier molecular flexibility index (Phi) is 4.50. The second-order valence-electron chi connectivity index (χ2n) is 3.28. The molecule has 16 heavy (non-hydrogen) atoms. The maximum Gasteiger partial charge on any atom is 0.185 e. The molecule has 0 heterocycles. The largest absolute Gasteiger partial charge is 0.396 e. The predicted molar refractivity (Wildman–Crippen MR) is 62.8 cm³/mol. The Morgan fingerprint density at radius 3 is 2.50 bits per heavy atom. The van der Waals surface area contributed by atoms with Crippen LogP contribution in [0.1, 0.15) is 6.42 Å². The van der Waals surface area contributed by atoms with Crippen LogP contribution in [0.25, 0.3) is 0 Å². The summed E-state index contributed by atoms with van der Waals surface area (Å²) < 4.78 is 24.2. The smallest absolute Gasteiger partial charge is 0.185 e. The molecule has 1 atom stereocenters. The lowest BCUT2D eigenvalue weighted by atomic mass is 10.3. The fourth-order valence-corrected chi connectivity index (χ4v) is 2.95. The van der Waals surface area contributed by atoms with Crippen LogP contribution in [0.4, 0.5) is 0 Å². The fourth-order valence-electron chi connectivity index (χ4n) is 1.37. The first kappa shape index (κ1) is 12.7. The van der Waals surface area contributed by atoms with Crippen LogP contribution in [0.5, 0.6) is 0 Å². The fraction of sp³-hybridized carbons (Fsp3) is 0.250. The van der Waals surface area contributed by atoms with E-state index in [1.165, 1.54) is 18.2 Å². The molecule has 1 unspecified atom stereocenters. The Bertz CT molecular complexity index is 470. The van der Waals surface area contributed by atoms with Crippen molar-refractivity contribution in [2.75, 3.05) is 6.61 Å². The highest BCUT2D eigenvalue weighted by Crippen LogP contribution is 2.18. The minimum atomic E-state index is -3.44. The number of aliphatic hydroxyl groups excluding tert-OH is 1. The molecule has 0 aliphatic heterocycles. The summed E-state index contributed by atoms with van der Waals surface area (Å²) in [5.41, 5.74) is 2.46. The van der Waals surface area contributed by atoms with Gasteiger partial charge in [0.15, 0.2) is 9.84 Å². The predicted octanol–water partition coefficient (Wildman–Crippen LogP) is 1.55. The molecule has 0 fully saturated rings. The number of sulfone groups is 1. The number of benzene rings is 1. The zero-order valence-corrected chi connectivity index (χ0v) is 9.65. The van der Waals surface area contributed by atoms with Gasteiger partial charge in [-0.05, 0) is 24.6 Å². The van der Waals surface area contributed by atoms with Crippen LogP contribution in [0.15, 0.2) is 53.6 Å². The third-order valence-electron chi connectivity index (χ3n) is 2.19. The van der Waals surface area contributed by atoms with E-state index < -0.39 is 15.1 Å². The SMILES string of the molecule is C=C=CC(CCO)S(=O)(=O)c1ccccc1. The molecule has 1 aromatic carbocycles. The van der Waals surface area contributed by atoms with Gasteiger partial charge in [0.25, 0.3) is 0 Å². The topological polar surface area (TPSA) is 54.4 Å². The van der Waals surface area contributed by atoms with Crippen molar-refractivity contribution in [2.45, 2.75) is 16.6 Å². The Balaban J connectivity index is 3.13. The standard InChI is InChI=1S/C12H14O3S/c1-2-6-11(9-10-13)16(14,15)12-7-4-3-5-8-12/h3-8,11,13H,1,9-10H2. The van der Waals surface area contributed by atoms with Crippen molar-refractivity contribution in [2.24, 2.45) is 0 Å². The van der Waals surface area contributed by atoms with Gasteiger partial charge in [-0.3, -0.25) is 0 Å². The van der Waals surface area contributed by atoms with Gasteiger partial charge in [-0.25, -0.2) is 8.42 Å². The summed E-state index contributed by atoms with van der Waals surface area (Å²) in [6, 6.07) is 8.16. The van der Waals surface area contributed by atoms with Gasteiger partial charge in [-0.1, -0.05) is 24.8 Å². The lowest BCUT2D eigenvalue weighted by molar-refractivity contribution is 0.290. The molecule has 0 aromatic heterocycles. The summed E-state index contributed by atoms with van der Waals surface area (Å²) >= 11 is 0. The van der Waals surface area contributed by atoms with Gasteiger partial charge in [0.05, 0.1) is 10.1 Å². The van der Waals surface area contributed by atoms with Crippen molar-refractivity contribution in [1.82, 2.24) is 0 Å². The Morgan fingerprint density at radius 2 is 2.00 bits per heavy atom. The molecular formula is C12H14O3S. The van der Waals surface area contributed by atoms with Crippen molar-refractivity contribution in [1.29, 1.82) is 0 Å². The second kappa shape index (κ2) is 5.66. The maximum atomic E-state index is 12.1. The number of aliphatic hydroxyl groups is 1. The van der Waals surface area contributed by atoms with E-state index in [1.54, 1.807) is 18.2 Å². The van der Waals surface area contributed by atoms with Crippen LogP contribution in [-0.4, -0.2) is 25.4 Å². The molecule has 0 aliphatic carbocycles. The second-order valence-corrected chi connectivity index (χ2v) is 5.45. The van der Waals surface area contributed by atoms with Gasteiger partial charge >= 0.3 is 0 Å². The highest BCUT2D eigenvalue weighted by molar-refractivity contribution is 7.92. The summed E-state index contributed by atoms with van der Waals surface area (Å²) in [4.78, 5) is 0.250. The van der Waals surface area contributed by atoms with Crippen LogP contribution in [-0.2, 0) is 9.84 Å². The van der Waals surface area contributed by atoms with Gasteiger partial charge in [0.2, 0.25) is 0 Å². The summed E-state index contributed by atoms with van der Waals surface area (Å²) in [7, 11) is -3.44. The molecular weight excluding hydrogens is 224 g/mol. The zero-order valence-electron chi connectivity index (χ0n) is 8.83. The molecule has 0 amide bonds. The molecule has 0 radical (unpaired) electrons. The lowest BCUT2D eigenvalue weighted by Crippen LogP contribution is -2.20. The zero-order chi connectivity index (χ0) is 12.0. The van der Waals surface area contributed by atoms with E-state index in [1.807, 2.05) is 0 Å². The molecule has 1 N–H and O–H groups in total. The highest BCUT2D eigenvalue weighted by Gasteiger charge is 2.24. The summed E-state index contributed by atoms with van der Waals surface area (Å²) in [5, 5.41) is 8.07. The van der Waals surface area contributed by atoms with Gasteiger partial charge in [-0.2, -0.15) is 0 Å². The van der Waals surface area contributed by atoms with Crippen molar-refractivity contribution in [3.63, 3.8) is 0 Å². The van der Waals surface area contributed by atoms with Crippen molar-refractivity contribution in [3.05, 3.63) is 48.7 Å². The van der Waals surface area contributed by atoms with Gasteiger partial charge in [0.1, 0.15) is 0 Å². The summed E-state index contributed by atoms with van der Waals surface area (Å²) in [6.07, 6.45) is 1.53. The minimum absolute atomic E-state index is 0.153. The summed E-state index contributed by atoms with van der Waals surface area (Å²) in [5.74, 6) is 0. The monoisotopic (exact) mass is 238 g/mol. The van der Waals surface area contributed by atoms with Crippen molar-refractivity contribution >= 4 is 9.84 Å². The maximum absolute atomic E-state index is 12.1. The molecule has 86 valence electrons. The first-order chi connectivity index (χ1) is 7.62. The van der Waals surface area contributed by atoms with Crippen LogP contribution in [0.2, 0.25) is 0 Å². The van der Waals surface area contributed by atoms with Crippen molar-refractivity contribution in [3.8, 4) is 0 Å². The third-order valence-corrected chi connectivity index (χ3v) is 4.29. The van der Waals surface area contributed by atoms with E-state index >= 15 is 0 Å². The third kappa shape index (κ3) is 2.83. The van der Waals surface area contributed by atoms with E-state index in [0.717, 1.165) is 0 Å². The Hall–Kier alpha value is -1.35. The first-order valence-corrected chi connectivity index (χ1v) is 6.43. The molecule has 0 aliphatic rings. The van der Waals surface area contributed by atoms with Crippen LogP contribution in [0.3, 0.4) is 0 Å². The average molecular weight is 238 g/mol. The minimum Gasteiger partial charge on any atom is -0.396 e. The van der Waals surface area contributed by atoms with E-state index in [9.17, 15) is 8.42 Å². The number of hydrogen-bond donors (Lipinski definition) is 1. The molecule has 0 saturated heterocycles. The van der Waals surface area contributed by atoms with Gasteiger partial charge in [-0.15, -0.1) is 5.73 Å². The lowest BCUT2D eigenvalue weighted by Gasteiger charge is -2.11. The Labute approximate surface area is 95.7 Å². The molecule has 1 rings (SSSR count). The first-order valence-electron chi connectivity index (χ1n) is 4.88. The number of rotatable bonds is 5. The highest BCUT2D eigenvalue weighted by atomic mass is 32.2. The molecule has 4 heteroatoms. The molecule has 0 saturated carbocycles. The molecule has 0 bridgehead atoms. The molecule has 0 spiro atoms. The van der Waals surface area contributed by atoms with E-state index in [2.05, 4.69) is 12.3 Å². The van der Waals surface area contributed by atoms with Crippen molar-refractivity contribution < 1.29 is 13.5 Å². The normalized spacial score (nSPS) is 12.8. The van der Waals surface area contributed by atoms with Gasteiger partial charge in [0, 0.05) is 6.61 Å². The molecule has 3 nitrogen and oxygen atoms in total. The number of hydrogen-bond acceptors (Lipinski definition) is 3. The van der Waals surface area contributed by atoms with E-state index in [-0.39, 0.29) is 17.9 Å². The van der Waals surface area contributed by atoms with Gasteiger partial charge < -0.3 is 5.11 Å². The van der Waals surface area contributed by atoms with Crippen LogP contribution in [0, 0.1) is 0 Å². The molecule has 1 aromatic rings. The van der Waals surface area contributed by atoms with Crippen LogP contribution < -0.4 is 0 Å². The quantitative estimate of drug-likeness (QED) is 0.792. The van der Waals surface area contributed by atoms with E-state index in [4.69, 9.17) is 5.11 Å². The summed E-state index contributed by atoms with van der Waals surface area (Å²) in [6.45, 7) is 3.18. The van der Waals surface area contributed by atoms with E-state index in [0.29, 0.717) is 0 Å². The Morgan fingerprint density at radius 1 is 1.38 bits per heavy atom. The average Bonchev–Trinajstić information content (AvgIpc) is 2.30.